The predicted molar refractivity (Wildman–Crippen MR) is 143 cm³/mol. The topological polar surface area (TPSA) is 156 Å². The largest absolute Gasteiger partial charge is 0.470 e. The number of hydrogen-bond donors (Lipinski definition) is 1. The first-order chi connectivity index (χ1) is 19.3. The molecule has 0 atom stereocenters. The van der Waals surface area contributed by atoms with Gasteiger partial charge in [0.1, 0.15) is 11.3 Å². The molecular formula is C26H20ClN7O6. The standard InChI is InChI=1S/C26H20ClN7O6/c1-2-39-26(36)19-14-29-33-22(8-10-28-24(19)33)16-4-3-5-17(12-16)30-25(35)21-9-11-32(31-21)15-40-23-7-6-18(34(37)38)13-20(23)27/h3-14H,2,15H2,1H3,(H,30,35). The van der Waals surface area contributed by atoms with E-state index in [9.17, 15) is 19.7 Å². The number of nitrogens with one attached hydrogen (secondary N) is 1. The third-order valence-electron chi connectivity index (χ3n) is 5.66. The summed E-state index contributed by atoms with van der Waals surface area (Å²) in [6.45, 7) is 1.88. The molecule has 0 aliphatic rings. The number of non-ortho nitro benzene ring substituents is 1. The fourth-order valence-corrected chi connectivity index (χ4v) is 4.05. The minimum Gasteiger partial charge on any atom is -0.470 e. The van der Waals surface area contributed by atoms with Crippen LogP contribution in [0, 0.1) is 10.1 Å². The van der Waals surface area contributed by atoms with Crippen molar-refractivity contribution in [3.05, 3.63) is 99.6 Å². The molecule has 40 heavy (non-hydrogen) atoms. The Morgan fingerprint density at radius 3 is 2.77 bits per heavy atom. The highest BCUT2D eigenvalue weighted by atomic mass is 35.5. The number of carbonyl (C=O) groups excluding carboxylic acids is 2. The Morgan fingerprint density at radius 2 is 2.00 bits per heavy atom. The second-order valence-corrected chi connectivity index (χ2v) is 8.67. The lowest BCUT2D eigenvalue weighted by Crippen LogP contribution is -2.14. The Morgan fingerprint density at radius 1 is 1.15 bits per heavy atom. The molecule has 0 saturated heterocycles. The SMILES string of the molecule is CCOC(=O)c1cnn2c(-c3cccc(NC(=O)c4ccn(COc5ccc([N+](=O)[O-])cc5Cl)n4)c3)ccnc12. The maximum atomic E-state index is 12.9. The van der Waals surface area contributed by atoms with Crippen molar-refractivity contribution in [2.24, 2.45) is 0 Å². The average molecular weight is 562 g/mol. The lowest BCUT2D eigenvalue weighted by atomic mass is 10.1. The van der Waals surface area contributed by atoms with Crippen LogP contribution in [-0.4, -0.2) is 47.8 Å². The van der Waals surface area contributed by atoms with E-state index in [1.807, 2.05) is 6.07 Å². The fourth-order valence-electron chi connectivity index (χ4n) is 3.83. The van der Waals surface area contributed by atoms with Crippen molar-refractivity contribution in [2.45, 2.75) is 13.7 Å². The molecule has 0 fully saturated rings. The smallest absolute Gasteiger partial charge is 0.343 e. The van der Waals surface area contributed by atoms with Gasteiger partial charge in [0.05, 0.1) is 28.4 Å². The van der Waals surface area contributed by atoms with Crippen molar-refractivity contribution in [3.63, 3.8) is 0 Å². The zero-order chi connectivity index (χ0) is 28.2. The number of esters is 1. The van der Waals surface area contributed by atoms with Crippen molar-refractivity contribution in [1.82, 2.24) is 24.4 Å². The third-order valence-corrected chi connectivity index (χ3v) is 5.96. The molecule has 0 bridgehead atoms. The van der Waals surface area contributed by atoms with E-state index >= 15 is 0 Å². The summed E-state index contributed by atoms with van der Waals surface area (Å²) >= 11 is 6.05. The first-order valence-corrected chi connectivity index (χ1v) is 12.2. The molecule has 0 unspecified atom stereocenters. The first-order valence-electron chi connectivity index (χ1n) is 11.9. The fraction of sp³-hybridized carbons (Fsp3) is 0.115. The van der Waals surface area contributed by atoms with Crippen LogP contribution >= 0.6 is 11.6 Å². The molecule has 13 nitrogen and oxygen atoms in total. The Balaban J connectivity index is 1.28. The van der Waals surface area contributed by atoms with Gasteiger partial charge < -0.3 is 14.8 Å². The summed E-state index contributed by atoms with van der Waals surface area (Å²) in [7, 11) is 0. The van der Waals surface area contributed by atoms with E-state index in [-0.39, 0.29) is 41.1 Å². The zero-order valence-electron chi connectivity index (χ0n) is 20.9. The predicted octanol–water partition coefficient (Wildman–Crippen LogP) is 4.62. The van der Waals surface area contributed by atoms with Crippen molar-refractivity contribution < 1.29 is 24.0 Å². The van der Waals surface area contributed by atoms with Crippen LogP contribution in [0.25, 0.3) is 16.9 Å². The monoisotopic (exact) mass is 561 g/mol. The highest BCUT2D eigenvalue weighted by Crippen LogP contribution is 2.29. The second kappa shape index (κ2) is 11.2. The minimum atomic E-state index is -0.555. The van der Waals surface area contributed by atoms with Gasteiger partial charge in [-0.1, -0.05) is 23.7 Å². The van der Waals surface area contributed by atoms with Gasteiger partial charge in [-0.05, 0) is 37.3 Å². The summed E-state index contributed by atoms with van der Waals surface area (Å²) in [5, 5.41) is 22.3. The Bertz CT molecular complexity index is 1750. The number of halogens is 1. The molecule has 0 spiro atoms. The van der Waals surface area contributed by atoms with Crippen LogP contribution in [-0.2, 0) is 11.5 Å². The number of carbonyl (C=O) groups is 2. The number of fused-ring (bicyclic) bond motifs is 1. The number of nitro benzene ring substituents is 1. The molecule has 1 amide bonds. The molecule has 14 heteroatoms. The van der Waals surface area contributed by atoms with Gasteiger partial charge in [-0.15, -0.1) is 0 Å². The number of nitrogens with zero attached hydrogens (tertiary/aromatic N) is 6. The van der Waals surface area contributed by atoms with Crippen LogP contribution in [0.5, 0.6) is 5.75 Å². The summed E-state index contributed by atoms with van der Waals surface area (Å²) in [6.07, 6.45) is 4.53. The van der Waals surface area contributed by atoms with Gasteiger partial charge in [-0.3, -0.25) is 14.9 Å². The summed E-state index contributed by atoms with van der Waals surface area (Å²) in [4.78, 5) is 39.7. The molecule has 0 aliphatic carbocycles. The molecule has 202 valence electrons. The summed E-state index contributed by atoms with van der Waals surface area (Å²) in [6, 6.07) is 14.2. The van der Waals surface area contributed by atoms with Crippen LogP contribution in [0.1, 0.15) is 27.8 Å². The lowest BCUT2D eigenvalue weighted by Gasteiger charge is -2.09. The molecule has 2 aromatic carbocycles. The first kappa shape index (κ1) is 26.3. The molecule has 0 aliphatic heterocycles. The maximum absolute atomic E-state index is 12.9. The number of rotatable bonds is 9. The van der Waals surface area contributed by atoms with E-state index in [0.29, 0.717) is 17.0 Å². The molecule has 5 aromatic rings. The van der Waals surface area contributed by atoms with E-state index < -0.39 is 16.8 Å². The number of aromatic nitrogens is 5. The number of nitro groups is 1. The Hall–Kier alpha value is -5.30. The van der Waals surface area contributed by atoms with E-state index in [0.717, 1.165) is 5.56 Å². The molecule has 1 N–H and O–H groups in total. The molecule has 3 aromatic heterocycles. The number of ether oxygens (including phenoxy) is 2. The molecule has 3 heterocycles. The summed E-state index contributed by atoms with van der Waals surface area (Å²) < 4.78 is 13.6. The van der Waals surface area contributed by atoms with Crippen LogP contribution in [0.4, 0.5) is 11.4 Å². The minimum absolute atomic E-state index is 0.0734. The van der Waals surface area contributed by atoms with Crippen molar-refractivity contribution >= 4 is 40.5 Å². The molecule has 0 saturated carbocycles. The van der Waals surface area contributed by atoms with Crippen LogP contribution in [0.3, 0.4) is 0 Å². The highest BCUT2D eigenvalue weighted by molar-refractivity contribution is 6.32. The van der Waals surface area contributed by atoms with Crippen LogP contribution < -0.4 is 10.1 Å². The van der Waals surface area contributed by atoms with Gasteiger partial charge in [0, 0.05) is 35.8 Å². The molecule has 0 radical (unpaired) electrons. The van der Waals surface area contributed by atoms with E-state index in [2.05, 4.69) is 20.5 Å². The lowest BCUT2D eigenvalue weighted by molar-refractivity contribution is -0.384. The van der Waals surface area contributed by atoms with Gasteiger partial charge >= 0.3 is 5.97 Å². The summed E-state index contributed by atoms with van der Waals surface area (Å²) in [5.74, 6) is -0.723. The second-order valence-electron chi connectivity index (χ2n) is 8.26. The van der Waals surface area contributed by atoms with Gasteiger partial charge in [-0.25, -0.2) is 19.0 Å². The van der Waals surface area contributed by atoms with E-state index in [4.69, 9.17) is 21.1 Å². The van der Waals surface area contributed by atoms with Crippen molar-refractivity contribution in [1.29, 1.82) is 0 Å². The zero-order valence-corrected chi connectivity index (χ0v) is 21.6. The van der Waals surface area contributed by atoms with Gasteiger partial charge in [0.15, 0.2) is 18.1 Å². The Labute approximate surface area is 231 Å². The van der Waals surface area contributed by atoms with E-state index in [1.165, 1.54) is 39.7 Å². The highest BCUT2D eigenvalue weighted by Gasteiger charge is 2.18. The number of benzene rings is 2. The average Bonchev–Trinajstić information content (AvgIpc) is 3.60. The van der Waals surface area contributed by atoms with Crippen LogP contribution in [0.2, 0.25) is 5.02 Å². The number of amides is 1. The van der Waals surface area contributed by atoms with E-state index in [1.54, 1.807) is 43.6 Å². The molecular weight excluding hydrogens is 542 g/mol. The van der Waals surface area contributed by atoms with Crippen molar-refractivity contribution in [3.8, 4) is 17.0 Å². The van der Waals surface area contributed by atoms with Gasteiger partial charge in [-0.2, -0.15) is 10.2 Å². The van der Waals surface area contributed by atoms with Crippen LogP contribution in [0.15, 0.2) is 73.2 Å². The Kier molecular flexibility index (Phi) is 7.37. The number of hydrogen-bond acceptors (Lipinski definition) is 9. The molecule has 5 rings (SSSR count). The van der Waals surface area contributed by atoms with Gasteiger partial charge in [0.2, 0.25) is 0 Å². The van der Waals surface area contributed by atoms with Crippen molar-refractivity contribution in [2.75, 3.05) is 11.9 Å². The quantitative estimate of drug-likeness (QED) is 0.154. The summed E-state index contributed by atoms with van der Waals surface area (Å²) in [5.41, 5.74) is 2.48. The normalized spacial score (nSPS) is 10.8. The van der Waals surface area contributed by atoms with Gasteiger partial charge in [0.25, 0.3) is 11.6 Å². The maximum Gasteiger partial charge on any atom is 0.343 e. The third kappa shape index (κ3) is 5.44. The number of anilines is 1.